The summed E-state index contributed by atoms with van der Waals surface area (Å²) >= 11 is 5.78. The molecule has 0 spiro atoms. The third kappa shape index (κ3) is 4.47. The Kier molecular flexibility index (Phi) is 5.41. The van der Waals surface area contributed by atoms with Crippen LogP contribution in [0.2, 0.25) is 0 Å². The Bertz CT molecular complexity index is 523. The lowest BCUT2D eigenvalue weighted by atomic mass is 9.97. The zero-order valence-electron chi connectivity index (χ0n) is 11.9. The number of sulfonamides is 1. The summed E-state index contributed by atoms with van der Waals surface area (Å²) in [5.41, 5.74) is -0.282. The number of rotatable bonds is 7. The van der Waals surface area contributed by atoms with E-state index in [4.69, 9.17) is 11.6 Å². The number of imidazole rings is 1. The highest BCUT2D eigenvalue weighted by Crippen LogP contribution is 2.17. The molecular formula is C12H22ClN3O2S. The lowest BCUT2D eigenvalue weighted by molar-refractivity contribution is 0.413. The minimum absolute atomic E-state index is 0.0730. The second-order valence-electron chi connectivity index (χ2n) is 5.44. The predicted molar refractivity (Wildman–Crippen MR) is 76.9 cm³/mol. The summed E-state index contributed by atoms with van der Waals surface area (Å²) in [4.78, 5) is 4.11. The first-order valence-corrected chi connectivity index (χ1v) is 8.33. The number of nitrogens with one attached hydrogen (secondary N) is 1. The van der Waals surface area contributed by atoms with Crippen molar-refractivity contribution in [2.45, 2.75) is 45.7 Å². The molecule has 0 aliphatic rings. The van der Waals surface area contributed by atoms with E-state index in [1.54, 1.807) is 13.1 Å². The maximum atomic E-state index is 12.1. The van der Waals surface area contributed by atoms with E-state index in [1.807, 2.05) is 25.3 Å². The molecule has 1 rings (SSSR count). The van der Waals surface area contributed by atoms with Crippen molar-refractivity contribution in [3.05, 3.63) is 12.0 Å². The highest BCUT2D eigenvalue weighted by atomic mass is 35.5. The molecule has 1 heterocycles. The van der Waals surface area contributed by atoms with Crippen LogP contribution in [0.1, 0.15) is 33.0 Å². The van der Waals surface area contributed by atoms with Gasteiger partial charge < -0.3 is 4.57 Å². The number of nitrogens with zero attached hydrogens (tertiary/aromatic N) is 2. The normalized spacial score (nSPS) is 12.9. The van der Waals surface area contributed by atoms with Crippen molar-refractivity contribution in [1.82, 2.24) is 14.3 Å². The van der Waals surface area contributed by atoms with Crippen LogP contribution in [0.4, 0.5) is 0 Å². The topological polar surface area (TPSA) is 64.0 Å². The van der Waals surface area contributed by atoms with Crippen LogP contribution in [-0.4, -0.2) is 30.4 Å². The first-order valence-electron chi connectivity index (χ1n) is 6.31. The van der Waals surface area contributed by atoms with Crippen LogP contribution in [0.5, 0.6) is 0 Å². The second-order valence-corrected chi connectivity index (χ2v) is 7.42. The summed E-state index contributed by atoms with van der Waals surface area (Å²) in [6.07, 6.45) is 2.51. The van der Waals surface area contributed by atoms with Gasteiger partial charge in [-0.1, -0.05) is 20.8 Å². The van der Waals surface area contributed by atoms with Gasteiger partial charge in [-0.3, -0.25) is 0 Å². The van der Waals surface area contributed by atoms with E-state index in [2.05, 4.69) is 9.71 Å². The summed E-state index contributed by atoms with van der Waals surface area (Å²) in [7, 11) is -3.56. The fourth-order valence-electron chi connectivity index (χ4n) is 1.49. The van der Waals surface area contributed by atoms with Gasteiger partial charge >= 0.3 is 0 Å². The largest absolute Gasteiger partial charge is 0.334 e. The lowest BCUT2D eigenvalue weighted by Crippen LogP contribution is -2.35. The fraction of sp³-hybridized carbons (Fsp3) is 0.750. The molecule has 19 heavy (non-hydrogen) atoms. The summed E-state index contributed by atoms with van der Waals surface area (Å²) in [5.74, 6) is 1.09. The fourth-order valence-corrected chi connectivity index (χ4v) is 2.83. The molecule has 0 saturated heterocycles. The maximum Gasteiger partial charge on any atom is 0.259 e. The molecule has 0 unspecified atom stereocenters. The van der Waals surface area contributed by atoms with Gasteiger partial charge in [-0.2, -0.15) is 0 Å². The molecule has 1 N–H and O–H groups in total. The summed E-state index contributed by atoms with van der Waals surface area (Å²) in [5, 5.41) is 0.0730. The minimum Gasteiger partial charge on any atom is -0.334 e. The van der Waals surface area contributed by atoms with E-state index in [9.17, 15) is 8.42 Å². The third-order valence-corrected chi connectivity index (χ3v) is 4.79. The van der Waals surface area contributed by atoms with Crippen LogP contribution < -0.4 is 4.72 Å². The Balaban J connectivity index is 2.86. The quantitative estimate of drug-likeness (QED) is 0.785. The highest BCUT2D eigenvalue weighted by Gasteiger charge is 2.23. The monoisotopic (exact) mass is 307 g/mol. The van der Waals surface area contributed by atoms with E-state index < -0.39 is 10.0 Å². The molecule has 1 aromatic heterocycles. The molecule has 0 aliphatic carbocycles. The summed E-state index contributed by atoms with van der Waals surface area (Å²) < 4.78 is 28.7. The Morgan fingerprint density at radius 1 is 1.47 bits per heavy atom. The van der Waals surface area contributed by atoms with Gasteiger partial charge in [0.2, 0.25) is 0 Å². The molecule has 0 radical (unpaired) electrons. The van der Waals surface area contributed by atoms with Crippen LogP contribution in [0.25, 0.3) is 0 Å². The first kappa shape index (κ1) is 16.5. The van der Waals surface area contributed by atoms with Gasteiger partial charge in [0.05, 0.1) is 0 Å². The molecule has 0 atom stereocenters. The Morgan fingerprint density at radius 3 is 2.63 bits per heavy atom. The zero-order chi connectivity index (χ0) is 14.7. The van der Waals surface area contributed by atoms with Crippen molar-refractivity contribution in [2.24, 2.45) is 5.41 Å². The van der Waals surface area contributed by atoms with E-state index >= 15 is 0 Å². The zero-order valence-corrected chi connectivity index (χ0v) is 13.5. The number of aryl methyl sites for hydroxylation is 2. The van der Waals surface area contributed by atoms with Gasteiger partial charge in [0.25, 0.3) is 10.0 Å². The lowest BCUT2D eigenvalue weighted by Gasteiger charge is -2.21. The van der Waals surface area contributed by atoms with E-state index in [-0.39, 0.29) is 10.4 Å². The average Bonchev–Trinajstić information content (AvgIpc) is 2.70. The number of aromatic nitrogens is 2. The highest BCUT2D eigenvalue weighted by molar-refractivity contribution is 7.89. The summed E-state index contributed by atoms with van der Waals surface area (Å²) in [6, 6.07) is 0. The van der Waals surface area contributed by atoms with Gasteiger partial charge in [0.1, 0.15) is 5.82 Å². The predicted octanol–water partition coefficient (Wildman–Crippen LogP) is 2.14. The SMILES string of the molecule is CCCn1cc(S(=O)(=O)NCC(C)(C)CCl)nc1C. The van der Waals surface area contributed by atoms with E-state index in [0.29, 0.717) is 18.2 Å². The maximum absolute atomic E-state index is 12.1. The van der Waals surface area contributed by atoms with Gasteiger partial charge in [0, 0.05) is 25.2 Å². The van der Waals surface area contributed by atoms with Crippen molar-refractivity contribution >= 4 is 21.6 Å². The molecule has 0 aliphatic heterocycles. The van der Waals surface area contributed by atoms with Crippen molar-refractivity contribution in [3.8, 4) is 0 Å². The molecule has 0 amide bonds. The van der Waals surface area contributed by atoms with Crippen LogP contribution in [0, 0.1) is 12.3 Å². The van der Waals surface area contributed by atoms with Crippen LogP contribution >= 0.6 is 11.6 Å². The smallest absolute Gasteiger partial charge is 0.259 e. The molecule has 5 nitrogen and oxygen atoms in total. The van der Waals surface area contributed by atoms with Crippen LogP contribution in [0.15, 0.2) is 11.2 Å². The van der Waals surface area contributed by atoms with Gasteiger partial charge in [-0.25, -0.2) is 18.1 Å². The molecule has 0 bridgehead atoms. The standard InChI is InChI=1S/C12H22ClN3O2S/c1-5-6-16-7-11(15-10(16)2)19(17,18)14-9-12(3,4)8-13/h7,14H,5-6,8-9H2,1-4H3. The van der Waals surface area contributed by atoms with Crippen molar-refractivity contribution in [2.75, 3.05) is 12.4 Å². The van der Waals surface area contributed by atoms with Crippen LogP contribution in [-0.2, 0) is 16.6 Å². The Morgan fingerprint density at radius 2 is 2.11 bits per heavy atom. The first-order chi connectivity index (χ1) is 8.72. The molecule has 0 aromatic carbocycles. The van der Waals surface area contributed by atoms with Gasteiger partial charge in [-0.05, 0) is 18.8 Å². The van der Waals surface area contributed by atoms with E-state index in [1.165, 1.54) is 0 Å². The van der Waals surface area contributed by atoms with Crippen molar-refractivity contribution in [1.29, 1.82) is 0 Å². The number of alkyl halides is 1. The molecule has 0 fully saturated rings. The number of halogens is 1. The number of hydrogen-bond donors (Lipinski definition) is 1. The second kappa shape index (κ2) is 6.24. The number of hydrogen-bond acceptors (Lipinski definition) is 3. The molecule has 110 valence electrons. The molecule has 7 heteroatoms. The van der Waals surface area contributed by atoms with Gasteiger partial charge in [-0.15, -0.1) is 11.6 Å². The third-order valence-electron chi connectivity index (χ3n) is 2.80. The Hall–Kier alpha value is -0.590. The molecule has 1 aromatic rings. The Labute approximate surface area is 120 Å². The molecular weight excluding hydrogens is 286 g/mol. The summed E-state index contributed by atoms with van der Waals surface area (Å²) in [6.45, 7) is 8.71. The van der Waals surface area contributed by atoms with Crippen molar-refractivity contribution in [3.63, 3.8) is 0 Å². The van der Waals surface area contributed by atoms with Crippen molar-refractivity contribution < 1.29 is 8.42 Å². The van der Waals surface area contributed by atoms with Gasteiger partial charge in [0.15, 0.2) is 5.03 Å². The van der Waals surface area contributed by atoms with E-state index in [0.717, 1.165) is 13.0 Å². The average molecular weight is 308 g/mol. The molecule has 0 saturated carbocycles. The van der Waals surface area contributed by atoms with Crippen LogP contribution in [0.3, 0.4) is 0 Å². The minimum atomic E-state index is -3.56.